The van der Waals surface area contributed by atoms with E-state index in [1.54, 1.807) is 0 Å². The van der Waals surface area contributed by atoms with Gasteiger partial charge in [-0.2, -0.15) is 0 Å². The van der Waals surface area contributed by atoms with Gasteiger partial charge in [-0.1, -0.05) is 30.9 Å². The van der Waals surface area contributed by atoms with E-state index in [1.165, 1.54) is 24.9 Å². The van der Waals surface area contributed by atoms with Crippen molar-refractivity contribution in [2.75, 3.05) is 44.2 Å². The summed E-state index contributed by atoms with van der Waals surface area (Å²) in [4.78, 5) is 17.0. The predicted octanol–water partition coefficient (Wildman–Crippen LogP) is 3.16. The summed E-state index contributed by atoms with van der Waals surface area (Å²) in [6.45, 7) is 5.86. The Hall–Kier alpha value is -1.26. The first-order chi connectivity index (χ1) is 11.7. The van der Waals surface area contributed by atoms with Gasteiger partial charge >= 0.3 is 0 Å². The molecule has 0 bridgehead atoms. The standard InChI is InChI=1S/C19H28ClN3O/c20-17-6-8-18(9-7-17)23-14-12-22(13-15-23)11-10-21-19(24)16-4-2-1-3-5-16/h6-9,16H,1-5,10-15H2,(H,21,24). The number of nitrogens with one attached hydrogen (secondary N) is 1. The molecule has 5 heteroatoms. The lowest BCUT2D eigenvalue weighted by molar-refractivity contribution is -0.125. The van der Waals surface area contributed by atoms with Crippen molar-refractivity contribution in [3.63, 3.8) is 0 Å². The first kappa shape index (κ1) is 17.6. The van der Waals surface area contributed by atoms with Gasteiger partial charge in [0.25, 0.3) is 0 Å². The third-order valence-electron chi connectivity index (χ3n) is 5.27. The van der Waals surface area contributed by atoms with E-state index in [1.807, 2.05) is 12.1 Å². The molecule has 1 heterocycles. The topological polar surface area (TPSA) is 35.6 Å². The number of anilines is 1. The molecule has 2 fully saturated rings. The van der Waals surface area contributed by atoms with E-state index in [0.29, 0.717) is 0 Å². The van der Waals surface area contributed by atoms with Gasteiger partial charge in [0, 0.05) is 55.9 Å². The van der Waals surface area contributed by atoms with Crippen LogP contribution in [0.15, 0.2) is 24.3 Å². The van der Waals surface area contributed by atoms with Crippen LogP contribution in [0, 0.1) is 5.92 Å². The second kappa shape index (κ2) is 8.72. The minimum atomic E-state index is 0.264. The molecule has 1 amide bonds. The largest absolute Gasteiger partial charge is 0.369 e. The van der Waals surface area contributed by atoms with E-state index < -0.39 is 0 Å². The smallest absolute Gasteiger partial charge is 0.223 e. The highest BCUT2D eigenvalue weighted by molar-refractivity contribution is 6.30. The fraction of sp³-hybridized carbons (Fsp3) is 0.632. The van der Waals surface area contributed by atoms with E-state index in [0.717, 1.165) is 57.1 Å². The highest BCUT2D eigenvalue weighted by Gasteiger charge is 2.21. The lowest BCUT2D eigenvalue weighted by Gasteiger charge is -2.36. The second-order valence-corrected chi connectivity index (χ2v) is 7.37. The molecule has 0 unspecified atom stereocenters. The summed E-state index contributed by atoms with van der Waals surface area (Å²) in [6, 6.07) is 8.07. The third-order valence-corrected chi connectivity index (χ3v) is 5.52. The number of piperazine rings is 1. The van der Waals surface area contributed by atoms with Gasteiger partial charge in [0.15, 0.2) is 0 Å². The molecule has 1 aromatic carbocycles. The number of halogens is 1. The van der Waals surface area contributed by atoms with Crippen LogP contribution >= 0.6 is 11.6 Å². The number of benzene rings is 1. The molecule has 0 atom stereocenters. The zero-order valence-corrected chi connectivity index (χ0v) is 15.1. The van der Waals surface area contributed by atoms with Crippen LogP contribution in [0.2, 0.25) is 5.02 Å². The van der Waals surface area contributed by atoms with Crippen LogP contribution in [0.25, 0.3) is 0 Å². The van der Waals surface area contributed by atoms with E-state index in [-0.39, 0.29) is 11.8 Å². The summed E-state index contributed by atoms with van der Waals surface area (Å²) in [5, 5.41) is 3.92. The van der Waals surface area contributed by atoms with Crippen molar-refractivity contribution in [3.05, 3.63) is 29.3 Å². The Kier molecular flexibility index (Phi) is 6.38. The van der Waals surface area contributed by atoms with E-state index in [4.69, 9.17) is 11.6 Å². The molecule has 4 nitrogen and oxygen atoms in total. The minimum absolute atomic E-state index is 0.264. The lowest BCUT2D eigenvalue weighted by atomic mass is 9.89. The Balaban J connectivity index is 1.35. The fourth-order valence-corrected chi connectivity index (χ4v) is 3.85. The number of rotatable bonds is 5. The van der Waals surface area contributed by atoms with Crippen molar-refractivity contribution < 1.29 is 4.79 Å². The lowest BCUT2D eigenvalue weighted by Crippen LogP contribution is -2.48. The Morgan fingerprint density at radius 1 is 1.04 bits per heavy atom. The van der Waals surface area contributed by atoms with Crippen LogP contribution in [0.4, 0.5) is 5.69 Å². The number of hydrogen-bond donors (Lipinski definition) is 1. The van der Waals surface area contributed by atoms with Crippen LogP contribution in [0.5, 0.6) is 0 Å². The Labute approximate surface area is 150 Å². The molecule has 1 N–H and O–H groups in total. The first-order valence-corrected chi connectivity index (χ1v) is 9.61. The van der Waals surface area contributed by atoms with Gasteiger partial charge in [-0.25, -0.2) is 0 Å². The van der Waals surface area contributed by atoms with E-state index in [2.05, 4.69) is 27.2 Å². The maximum atomic E-state index is 12.2. The van der Waals surface area contributed by atoms with E-state index >= 15 is 0 Å². The molecule has 132 valence electrons. The Morgan fingerprint density at radius 2 is 1.71 bits per heavy atom. The number of nitrogens with zero attached hydrogens (tertiary/aromatic N) is 2. The number of carbonyl (C=O) groups excluding carboxylic acids is 1. The summed E-state index contributed by atoms with van der Waals surface area (Å²) in [5.41, 5.74) is 1.24. The van der Waals surface area contributed by atoms with Gasteiger partial charge in [-0.05, 0) is 37.1 Å². The summed E-state index contributed by atoms with van der Waals surface area (Å²) in [7, 11) is 0. The fourth-order valence-electron chi connectivity index (χ4n) is 3.73. The molecule has 1 aliphatic carbocycles. The molecule has 1 saturated carbocycles. The second-order valence-electron chi connectivity index (χ2n) is 6.93. The quantitative estimate of drug-likeness (QED) is 0.887. The average Bonchev–Trinajstić information content (AvgIpc) is 2.64. The van der Waals surface area contributed by atoms with Crippen LogP contribution in [0.3, 0.4) is 0 Å². The molecule has 3 rings (SSSR count). The van der Waals surface area contributed by atoms with Crippen LogP contribution in [-0.2, 0) is 4.79 Å². The molecular weight excluding hydrogens is 322 g/mol. The molecule has 0 spiro atoms. The third kappa shape index (κ3) is 4.87. The Bertz CT molecular complexity index is 520. The molecule has 24 heavy (non-hydrogen) atoms. The SMILES string of the molecule is O=C(NCCN1CCN(c2ccc(Cl)cc2)CC1)C1CCCCC1. The zero-order chi connectivity index (χ0) is 16.8. The van der Waals surface area contributed by atoms with Crippen molar-refractivity contribution in [1.29, 1.82) is 0 Å². The normalized spacial score (nSPS) is 20.1. The van der Waals surface area contributed by atoms with Gasteiger partial charge in [0.1, 0.15) is 0 Å². The van der Waals surface area contributed by atoms with Gasteiger partial charge in [-0.3, -0.25) is 9.69 Å². The highest BCUT2D eigenvalue weighted by atomic mass is 35.5. The average molecular weight is 350 g/mol. The van der Waals surface area contributed by atoms with Crippen LogP contribution in [-0.4, -0.2) is 50.1 Å². The molecule has 0 radical (unpaired) electrons. The molecule has 1 aliphatic heterocycles. The molecule has 2 aliphatic rings. The first-order valence-electron chi connectivity index (χ1n) is 9.23. The highest BCUT2D eigenvalue weighted by Crippen LogP contribution is 2.23. The number of amides is 1. The van der Waals surface area contributed by atoms with Crippen molar-refractivity contribution in [2.24, 2.45) is 5.92 Å². The molecule has 1 saturated heterocycles. The summed E-state index contributed by atoms with van der Waals surface area (Å²) < 4.78 is 0. The van der Waals surface area contributed by atoms with Gasteiger partial charge < -0.3 is 10.2 Å². The van der Waals surface area contributed by atoms with Gasteiger partial charge in [0.2, 0.25) is 5.91 Å². The van der Waals surface area contributed by atoms with Crippen molar-refractivity contribution in [1.82, 2.24) is 10.2 Å². The Morgan fingerprint density at radius 3 is 2.38 bits per heavy atom. The maximum Gasteiger partial charge on any atom is 0.223 e. The summed E-state index contributed by atoms with van der Waals surface area (Å²) >= 11 is 5.95. The zero-order valence-electron chi connectivity index (χ0n) is 14.3. The van der Waals surface area contributed by atoms with Gasteiger partial charge in [0.05, 0.1) is 0 Å². The van der Waals surface area contributed by atoms with Gasteiger partial charge in [-0.15, -0.1) is 0 Å². The summed E-state index contributed by atoms with van der Waals surface area (Å²) in [5.74, 6) is 0.537. The van der Waals surface area contributed by atoms with Crippen molar-refractivity contribution in [3.8, 4) is 0 Å². The molecule has 1 aromatic rings. The van der Waals surface area contributed by atoms with Crippen LogP contribution in [0.1, 0.15) is 32.1 Å². The number of hydrogen-bond acceptors (Lipinski definition) is 3. The predicted molar refractivity (Wildman–Crippen MR) is 99.7 cm³/mol. The summed E-state index contributed by atoms with van der Waals surface area (Å²) in [6.07, 6.45) is 5.87. The van der Waals surface area contributed by atoms with E-state index in [9.17, 15) is 4.79 Å². The molecule has 0 aromatic heterocycles. The minimum Gasteiger partial charge on any atom is -0.369 e. The maximum absolute atomic E-state index is 12.2. The molecular formula is C19H28ClN3O. The number of carbonyl (C=O) groups is 1. The monoisotopic (exact) mass is 349 g/mol. The van der Waals surface area contributed by atoms with Crippen LogP contribution < -0.4 is 10.2 Å². The van der Waals surface area contributed by atoms with Crippen molar-refractivity contribution >= 4 is 23.2 Å². The van der Waals surface area contributed by atoms with Crippen molar-refractivity contribution in [2.45, 2.75) is 32.1 Å².